The fourth-order valence-corrected chi connectivity index (χ4v) is 1.26. The van der Waals surface area contributed by atoms with Crippen LogP contribution in [-0.2, 0) is 0 Å². The number of benzene rings is 1. The van der Waals surface area contributed by atoms with Crippen LogP contribution in [0.1, 0.15) is 5.56 Å². The Morgan fingerprint density at radius 2 is 1.79 bits per heavy atom. The van der Waals surface area contributed by atoms with E-state index in [0.717, 1.165) is 11.3 Å². The fraction of sp³-hybridized carbons (Fsp3) is 0.400. The fourth-order valence-electron chi connectivity index (χ4n) is 1.26. The molecule has 0 atom stereocenters. The standard InChI is InChI=1S/C10H15NO3/c1-7-4-9(13-2)10(14-3)5-8(7)11-6-12/h4-5,11-12H,6H2,1-3H3. The molecule has 0 saturated heterocycles. The highest BCUT2D eigenvalue weighted by molar-refractivity contribution is 5.59. The number of methoxy groups -OCH3 is 2. The van der Waals surface area contributed by atoms with Crippen LogP contribution in [0.4, 0.5) is 5.69 Å². The van der Waals surface area contributed by atoms with E-state index in [1.54, 1.807) is 20.3 Å². The van der Waals surface area contributed by atoms with Gasteiger partial charge in [0.1, 0.15) is 6.73 Å². The van der Waals surface area contributed by atoms with Crippen molar-refractivity contribution in [3.8, 4) is 11.5 Å². The predicted molar refractivity (Wildman–Crippen MR) is 55.0 cm³/mol. The van der Waals surface area contributed by atoms with Gasteiger partial charge in [-0.15, -0.1) is 0 Å². The topological polar surface area (TPSA) is 50.7 Å². The molecule has 0 radical (unpaired) electrons. The highest BCUT2D eigenvalue weighted by Gasteiger charge is 2.07. The second-order valence-electron chi connectivity index (χ2n) is 2.86. The van der Waals surface area contributed by atoms with Crippen molar-refractivity contribution in [2.75, 3.05) is 26.3 Å². The zero-order valence-electron chi connectivity index (χ0n) is 8.63. The van der Waals surface area contributed by atoms with Gasteiger partial charge < -0.3 is 19.9 Å². The molecule has 78 valence electrons. The van der Waals surface area contributed by atoms with Crippen molar-refractivity contribution in [3.63, 3.8) is 0 Å². The van der Waals surface area contributed by atoms with Crippen molar-refractivity contribution in [1.82, 2.24) is 0 Å². The van der Waals surface area contributed by atoms with Crippen LogP contribution in [0.3, 0.4) is 0 Å². The van der Waals surface area contributed by atoms with Crippen molar-refractivity contribution in [3.05, 3.63) is 17.7 Å². The Hall–Kier alpha value is -1.42. The Morgan fingerprint density at radius 3 is 2.29 bits per heavy atom. The highest BCUT2D eigenvalue weighted by atomic mass is 16.5. The van der Waals surface area contributed by atoms with Gasteiger partial charge in [-0.1, -0.05) is 0 Å². The number of aryl methyl sites for hydroxylation is 1. The Labute approximate surface area is 83.5 Å². The van der Waals surface area contributed by atoms with Crippen LogP contribution in [-0.4, -0.2) is 26.1 Å². The Bertz CT molecular complexity index is 312. The molecule has 4 nitrogen and oxygen atoms in total. The van der Waals surface area contributed by atoms with E-state index in [-0.39, 0.29) is 6.73 Å². The van der Waals surface area contributed by atoms with Crippen molar-refractivity contribution >= 4 is 5.69 Å². The molecule has 0 saturated carbocycles. The molecule has 14 heavy (non-hydrogen) atoms. The first-order chi connectivity index (χ1) is 6.72. The van der Waals surface area contributed by atoms with E-state index in [2.05, 4.69) is 5.32 Å². The molecular formula is C10H15NO3. The van der Waals surface area contributed by atoms with E-state index in [0.29, 0.717) is 11.5 Å². The van der Waals surface area contributed by atoms with Crippen molar-refractivity contribution in [1.29, 1.82) is 0 Å². The van der Waals surface area contributed by atoms with Gasteiger partial charge in [0.25, 0.3) is 0 Å². The van der Waals surface area contributed by atoms with E-state index in [1.165, 1.54) is 0 Å². The highest BCUT2D eigenvalue weighted by Crippen LogP contribution is 2.32. The molecule has 4 heteroatoms. The summed E-state index contributed by atoms with van der Waals surface area (Å²) in [4.78, 5) is 0. The van der Waals surface area contributed by atoms with Crippen molar-refractivity contribution in [2.24, 2.45) is 0 Å². The summed E-state index contributed by atoms with van der Waals surface area (Å²) in [6, 6.07) is 3.65. The number of anilines is 1. The van der Waals surface area contributed by atoms with E-state index < -0.39 is 0 Å². The predicted octanol–water partition coefficient (Wildman–Crippen LogP) is 1.37. The minimum atomic E-state index is -0.101. The van der Waals surface area contributed by atoms with Gasteiger partial charge in [-0.2, -0.15) is 0 Å². The normalized spacial score (nSPS) is 9.71. The third-order valence-electron chi connectivity index (χ3n) is 2.00. The lowest BCUT2D eigenvalue weighted by molar-refractivity contribution is 0.325. The third-order valence-corrected chi connectivity index (χ3v) is 2.00. The van der Waals surface area contributed by atoms with Crippen LogP contribution >= 0.6 is 0 Å². The van der Waals surface area contributed by atoms with Crippen LogP contribution in [0.2, 0.25) is 0 Å². The van der Waals surface area contributed by atoms with E-state index in [4.69, 9.17) is 14.6 Å². The molecule has 1 aromatic rings. The molecule has 0 unspecified atom stereocenters. The molecule has 0 fully saturated rings. The van der Waals surface area contributed by atoms with E-state index >= 15 is 0 Å². The zero-order valence-corrected chi connectivity index (χ0v) is 8.63. The van der Waals surface area contributed by atoms with Gasteiger partial charge in [0, 0.05) is 11.8 Å². The number of aliphatic hydroxyl groups excluding tert-OH is 1. The lowest BCUT2D eigenvalue weighted by atomic mass is 10.2. The minimum Gasteiger partial charge on any atom is -0.493 e. The molecule has 2 N–H and O–H groups in total. The molecule has 0 aliphatic carbocycles. The number of hydrogen-bond acceptors (Lipinski definition) is 4. The van der Waals surface area contributed by atoms with Crippen LogP contribution in [0.5, 0.6) is 11.5 Å². The Morgan fingerprint density at radius 1 is 1.21 bits per heavy atom. The van der Waals surface area contributed by atoms with Crippen LogP contribution in [0.25, 0.3) is 0 Å². The van der Waals surface area contributed by atoms with E-state index in [1.807, 2.05) is 13.0 Å². The van der Waals surface area contributed by atoms with Gasteiger partial charge in [0.15, 0.2) is 11.5 Å². The van der Waals surface area contributed by atoms with Gasteiger partial charge in [-0.05, 0) is 18.6 Å². The van der Waals surface area contributed by atoms with Gasteiger partial charge in [-0.25, -0.2) is 0 Å². The number of nitrogens with one attached hydrogen (secondary N) is 1. The number of hydrogen-bond donors (Lipinski definition) is 2. The molecular weight excluding hydrogens is 182 g/mol. The third kappa shape index (κ3) is 2.09. The maximum Gasteiger partial charge on any atom is 0.162 e. The number of ether oxygens (including phenoxy) is 2. The molecule has 0 amide bonds. The van der Waals surface area contributed by atoms with Crippen LogP contribution < -0.4 is 14.8 Å². The molecule has 0 spiro atoms. The van der Waals surface area contributed by atoms with Crippen LogP contribution in [0.15, 0.2) is 12.1 Å². The summed E-state index contributed by atoms with van der Waals surface area (Å²) >= 11 is 0. The second kappa shape index (κ2) is 4.72. The summed E-state index contributed by atoms with van der Waals surface area (Å²) in [6.07, 6.45) is 0. The number of aliphatic hydroxyl groups is 1. The van der Waals surface area contributed by atoms with Gasteiger partial charge in [0.2, 0.25) is 0 Å². The molecule has 0 heterocycles. The quantitative estimate of drug-likeness (QED) is 0.716. The second-order valence-corrected chi connectivity index (χ2v) is 2.86. The lowest BCUT2D eigenvalue weighted by Gasteiger charge is -2.12. The summed E-state index contributed by atoms with van der Waals surface area (Å²) < 4.78 is 10.3. The van der Waals surface area contributed by atoms with E-state index in [9.17, 15) is 0 Å². The molecule has 0 aliphatic heterocycles. The molecule has 0 bridgehead atoms. The van der Waals surface area contributed by atoms with Gasteiger partial charge >= 0.3 is 0 Å². The summed E-state index contributed by atoms with van der Waals surface area (Å²) in [5, 5.41) is 11.6. The maximum atomic E-state index is 8.75. The number of rotatable bonds is 4. The molecule has 0 aromatic heterocycles. The summed E-state index contributed by atoms with van der Waals surface area (Å²) in [5.74, 6) is 1.34. The Kier molecular flexibility index (Phi) is 3.59. The Balaban J connectivity index is 3.09. The monoisotopic (exact) mass is 197 g/mol. The first-order valence-corrected chi connectivity index (χ1v) is 4.30. The SMILES string of the molecule is COc1cc(C)c(NCO)cc1OC. The van der Waals surface area contributed by atoms with Crippen LogP contribution in [0, 0.1) is 6.92 Å². The van der Waals surface area contributed by atoms with Gasteiger partial charge in [0.05, 0.1) is 14.2 Å². The van der Waals surface area contributed by atoms with Crippen molar-refractivity contribution in [2.45, 2.75) is 6.92 Å². The molecule has 0 aliphatic rings. The van der Waals surface area contributed by atoms with Gasteiger partial charge in [-0.3, -0.25) is 0 Å². The molecule has 1 rings (SSSR count). The van der Waals surface area contributed by atoms with Crippen molar-refractivity contribution < 1.29 is 14.6 Å². The lowest BCUT2D eigenvalue weighted by Crippen LogP contribution is -2.02. The summed E-state index contributed by atoms with van der Waals surface area (Å²) in [7, 11) is 3.17. The first-order valence-electron chi connectivity index (χ1n) is 4.30. The maximum absolute atomic E-state index is 8.75. The summed E-state index contributed by atoms with van der Waals surface area (Å²) in [5.41, 5.74) is 1.84. The average molecular weight is 197 g/mol. The molecule has 1 aromatic carbocycles. The first kappa shape index (κ1) is 10.7. The summed E-state index contributed by atoms with van der Waals surface area (Å²) in [6.45, 7) is 1.83. The zero-order chi connectivity index (χ0) is 10.6. The minimum absolute atomic E-state index is 0.101. The average Bonchev–Trinajstić information content (AvgIpc) is 2.20. The smallest absolute Gasteiger partial charge is 0.162 e. The largest absolute Gasteiger partial charge is 0.493 e.